The molecule has 0 fully saturated rings. The first-order valence-corrected chi connectivity index (χ1v) is 12.6. The van der Waals surface area contributed by atoms with Crippen LogP contribution in [0.3, 0.4) is 0 Å². The molecular weight excluding hydrogens is 442 g/mol. The lowest BCUT2D eigenvalue weighted by molar-refractivity contribution is -0.125. The Balaban J connectivity index is 1.78. The van der Waals surface area contributed by atoms with Crippen LogP contribution >= 0.6 is 0 Å². The molecule has 0 aliphatic carbocycles. The molecule has 0 spiro atoms. The van der Waals surface area contributed by atoms with Crippen LogP contribution in [0.2, 0.25) is 0 Å². The van der Waals surface area contributed by atoms with Crippen molar-refractivity contribution in [3.05, 3.63) is 53.6 Å². The molecule has 2 aromatic carbocycles. The van der Waals surface area contributed by atoms with Crippen molar-refractivity contribution >= 4 is 27.5 Å². The van der Waals surface area contributed by atoms with Crippen molar-refractivity contribution in [1.82, 2.24) is 9.62 Å². The minimum absolute atomic E-state index is 0.170. The lowest BCUT2D eigenvalue weighted by atomic mass is 10.1. The number of ether oxygens (including phenoxy) is 1. The minimum Gasteiger partial charge on any atom is -0.494 e. The highest BCUT2D eigenvalue weighted by atomic mass is 32.2. The molecule has 1 N–H and O–H groups in total. The third kappa shape index (κ3) is 5.20. The van der Waals surface area contributed by atoms with Gasteiger partial charge in [0.05, 0.1) is 11.5 Å². The van der Waals surface area contributed by atoms with Crippen molar-refractivity contribution in [3.63, 3.8) is 0 Å². The number of hydrogen-bond donors (Lipinski definition) is 1. The van der Waals surface area contributed by atoms with E-state index in [9.17, 15) is 18.0 Å². The van der Waals surface area contributed by atoms with E-state index < -0.39 is 16.1 Å². The van der Waals surface area contributed by atoms with Crippen molar-refractivity contribution in [2.75, 3.05) is 24.6 Å². The quantitative estimate of drug-likeness (QED) is 0.604. The maximum absolute atomic E-state index is 13.0. The van der Waals surface area contributed by atoms with E-state index in [1.165, 1.54) is 22.2 Å². The molecule has 1 atom stereocenters. The number of hydrogen-bond acceptors (Lipinski definition) is 5. The van der Waals surface area contributed by atoms with E-state index in [1.807, 2.05) is 31.2 Å². The lowest BCUT2D eigenvalue weighted by Gasteiger charge is -2.23. The van der Waals surface area contributed by atoms with Gasteiger partial charge in [-0.25, -0.2) is 8.42 Å². The zero-order valence-corrected chi connectivity index (χ0v) is 20.3. The van der Waals surface area contributed by atoms with E-state index in [1.54, 1.807) is 26.0 Å². The zero-order chi connectivity index (χ0) is 24.2. The molecule has 1 unspecified atom stereocenters. The van der Waals surface area contributed by atoms with Crippen LogP contribution in [0.25, 0.3) is 0 Å². The summed E-state index contributed by atoms with van der Waals surface area (Å²) in [5.41, 5.74) is 2.14. The number of carbonyl (C=O) groups excluding carboxylic acids is 2. The topological polar surface area (TPSA) is 96.0 Å². The van der Waals surface area contributed by atoms with Crippen molar-refractivity contribution < 1.29 is 22.7 Å². The molecule has 1 aliphatic heterocycles. The second kappa shape index (κ2) is 10.4. The van der Waals surface area contributed by atoms with Crippen molar-refractivity contribution in [3.8, 4) is 5.75 Å². The fourth-order valence-corrected chi connectivity index (χ4v) is 5.59. The van der Waals surface area contributed by atoms with Crippen LogP contribution in [0, 0.1) is 0 Å². The SMILES string of the molecule is CCOc1ccc(CNC(=O)C2Cc3cc(S(=O)(=O)N(CC)CC)ccc3N2C(C)=O)cc1. The first-order valence-electron chi connectivity index (χ1n) is 11.1. The summed E-state index contributed by atoms with van der Waals surface area (Å²) < 4.78 is 32.6. The normalized spacial score (nSPS) is 15.4. The summed E-state index contributed by atoms with van der Waals surface area (Å²) in [6.07, 6.45) is 0.256. The monoisotopic (exact) mass is 473 g/mol. The molecule has 1 heterocycles. The van der Waals surface area contributed by atoms with Crippen LogP contribution in [0.5, 0.6) is 5.75 Å². The molecule has 2 aromatic rings. The van der Waals surface area contributed by atoms with Gasteiger partial charge in [-0.3, -0.25) is 14.5 Å². The average Bonchev–Trinajstić information content (AvgIpc) is 3.18. The fraction of sp³-hybridized carbons (Fsp3) is 0.417. The van der Waals surface area contributed by atoms with Crippen LogP contribution in [-0.2, 0) is 32.6 Å². The van der Waals surface area contributed by atoms with E-state index in [2.05, 4.69) is 5.32 Å². The van der Waals surface area contributed by atoms with E-state index >= 15 is 0 Å². The molecule has 0 aromatic heterocycles. The van der Waals surface area contributed by atoms with Gasteiger partial charge in [-0.1, -0.05) is 26.0 Å². The highest BCUT2D eigenvalue weighted by Gasteiger charge is 2.37. The van der Waals surface area contributed by atoms with Gasteiger partial charge in [0, 0.05) is 38.7 Å². The van der Waals surface area contributed by atoms with Crippen molar-refractivity contribution in [1.29, 1.82) is 0 Å². The Morgan fingerprint density at radius 1 is 1.09 bits per heavy atom. The van der Waals surface area contributed by atoms with Crippen LogP contribution in [0.15, 0.2) is 47.4 Å². The third-order valence-electron chi connectivity index (χ3n) is 5.72. The summed E-state index contributed by atoms with van der Waals surface area (Å²) in [6, 6.07) is 11.4. The molecule has 1 aliphatic rings. The second-order valence-corrected chi connectivity index (χ2v) is 9.72. The summed E-state index contributed by atoms with van der Waals surface area (Å²) in [6.45, 7) is 8.52. The van der Waals surface area contributed by atoms with Gasteiger partial charge in [0.25, 0.3) is 0 Å². The Kier molecular flexibility index (Phi) is 7.76. The highest BCUT2D eigenvalue weighted by Crippen LogP contribution is 2.35. The van der Waals surface area contributed by atoms with Gasteiger partial charge in [0.2, 0.25) is 21.8 Å². The van der Waals surface area contributed by atoms with Crippen LogP contribution in [0.1, 0.15) is 38.8 Å². The van der Waals surface area contributed by atoms with Crippen molar-refractivity contribution in [2.24, 2.45) is 0 Å². The molecule has 0 bridgehead atoms. The maximum atomic E-state index is 13.0. The Labute approximate surface area is 195 Å². The van der Waals surface area contributed by atoms with Gasteiger partial charge in [0.15, 0.2) is 0 Å². The molecule has 0 radical (unpaired) electrons. The Hall–Kier alpha value is -2.91. The number of fused-ring (bicyclic) bond motifs is 1. The smallest absolute Gasteiger partial charge is 0.243 e. The molecule has 2 amide bonds. The molecule has 0 saturated heterocycles. The van der Waals surface area contributed by atoms with E-state index in [-0.39, 0.29) is 23.1 Å². The largest absolute Gasteiger partial charge is 0.494 e. The minimum atomic E-state index is -3.63. The Bertz CT molecular complexity index is 1110. The number of anilines is 1. The van der Waals surface area contributed by atoms with Crippen LogP contribution in [0.4, 0.5) is 5.69 Å². The van der Waals surface area contributed by atoms with Gasteiger partial charge in [-0.2, -0.15) is 4.31 Å². The second-order valence-electron chi connectivity index (χ2n) is 7.78. The Morgan fingerprint density at radius 2 is 1.76 bits per heavy atom. The number of benzene rings is 2. The first kappa shape index (κ1) is 24.7. The number of rotatable bonds is 9. The van der Waals surface area contributed by atoms with Crippen molar-refractivity contribution in [2.45, 2.75) is 51.6 Å². The summed E-state index contributed by atoms with van der Waals surface area (Å²) >= 11 is 0. The van der Waals surface area contributed by atoms with Gasteiger partial charge >= 0.3 is 0 Å². The van der Waals surface area contributed by atoms with Gasteiger partial charge < -0.3 is 10.1 Å². The summed E-state index contributed by atoms with van der Waals surface area (Å²) in [5.74, 6) is 0.204. The van der Waals surface area contributed by atoms with Gasteiger partial charge in [0.1, 0.15) is 11.8 Å². The summed E-state index contributed by atoms with van der Waals surface area (Å²) in [5, 5.41) is 2.89. The molecule has 33 heavy (non-hydrogen) atoms. The molecule has 3 rings (SSSR count). The average molecular weight is 474 g/mol. The molecule has 178 valence electrons. The van der Waals surface area contributed by atoms with E-state index in [0.717, 1.165) is 11.3 Å². The van der Waals surface area contributed by atoms with Gasteiger partial charge in [-0.15, -0.1) is 0 Å². The predicted molar refractivity (Wildman–Crippen MR) is 127 cm³/mol. The summed E-state index contributed by atoms with van der Waals surface area (Å²) in [4.78, 5) is 27.0. The number of nitrogens with one attached hydrogen (secondary N) is 1. The number of carbonyl (C=O) groups is 2. The van der Waals surface area contributed by atoms with Gasteiger partial charge in [-0.05, 0) is 48.4 Å². The lowest BCUT2D eigenvalue weighted by Crippen LogP contribution is -2.47. The number of sulfonamides is 1. The molecule has 0 saturated carbocycles. The van der Waals surface area contributed by atoms with Crippen LogP contribution in [-0.4, -0.2) is 50.3 Å². The predicted octanol–water partition coefficient (Wildman–Crippen LogP) is 2.71. The summed E-state index contributed by atoms with van der Waals surface area (Å²) in [7, 11) is -3.63. The van der Waals surface area contributed by atoms with E-state index in [4.69, 9.17) is 4.74 Å². The highest BCUT2D eigenvalue weighted by molar-refractivity contribution is 7.89. The molecular formula is C24H31N3O5S. The molecule has 9 heteroatoms. The third-order valence-corrected chi connectivity index (χ3v) is 7.77. The Morgan fingerprint density at radius 3 is 2.33 bits per heavy atom. The fourth-order valence-electron chi connectivity index (χ4n) is 4.08. The molecule has 8 nitrogen and oxygen atoms in total. The number of nitrogens with zero attached hydrogens (tertiary/aromatic N) is 2. The zero-order valence-electron chi connectivity index (χ0n) is 19.5. The van der Waals surface area contributed by atoms with E-state index in [0.29, 0.717) is 37.5 Å². The first-order chi connectivity index (χ1) is 15.7. The number of amides is 2. The standard InChI is InChI=1S/C24H31N3O5S/c1-5-26(6-2)33(30,31)21-12-13-22-19(14-21)15-23(27(22)17(4)28)24(29)25-16-18-8-10-20(11-9-18)32-7-3/h8-14,23H,5-7,15-16H2,1-4H3,(H,25,29). The maximum Gasteiger partial charge on any atom is 0.243 e. The van der Waals surface area contributed by atoms with Crippen LogP contribution < -0.4 is 15.0 Å².